The van der Waals surface area contributed by atoms with E-state index in [0.717, 1.165) is 23.1 Å². The number of pyridine rings is 1. The molecule has 4 heterocycles. The molecule has 0 saturated carbocycles. The summed E-state index contributed by atoms with van der Waals surface area (Å²) >= 11 is 0. The maximum Gasteiger partial charge on any atom is 0.166 e. The van der Waals surface area contributed by atoms with E-state index in [0.29, 0.717) is 41.9 Å². The van der Waals surface area contributed by atoms with Crippen molar-refractivity contribution in [2.24, 2.45) is 0 Å². The Balaban J connectivity index is 1.67. The van der Waals surface area contributed by atoms with E-state index in [1.54, 1.807) is 20.5 Å². The van der Waals surface area contributed by atoms with Crippen molar-refractivity contribution in [1.82, 2.24) is 29.3 Å². The summed E-state index contributed by atoms with van der Waals surface area (Å²) in [4.78, 5) is 8.51. The van der Waals surface area contributed by atoms with Crippen molar-refractivity contribution >= 4 is 0 Å². The Bertz CT molecular complexity index is 1330. The van der Waals surface area contributed by atoms with Gasteiger partial charge in [0.2, 0.25) is 0 Å². The molecule has 0 spiro atoms. The number of methoxy groups -OCH3 is 2. The predicted octanol–water partition coefficient (Wildman–Crippen LogP) is 2.58. The number of benzene rings is 1. The second kappa shape index (κ2) is 7.66. The monoisotopic (exact) mass is 416 g/mol. The largest absolute Gasteiger partial charge is 0.497 e. The standard InChI is InChI=1S/C22H17FN6O2/c1-30-12-21-26-27-22-17-9-16(31-2)6-8-19(17)29-13-25-18(20(29)11-28(21)22)7-5-15-4-3-14(23)10-24-15/h3-4,6,8-10,13H,11-12H2,1-2H3. The quantitative estimate of drug-likeness (QED) is 0.421. The first-order valence-electron chi connectivity index (χ1n) is 9.47. The number of hydrogen-bond donors (Lipinski definition) is 0. The minimum Gasteiger partial charge on any atom is -0.497 e. The summed E-state index contributed by atoms with van der Waals surface area (Å²) in [6.45, 7) is 0.778. The Morgan fingerprint density at radius 3 is 2.77 bits per heavy atom. The molecule has 4 aromatic rings. The van der Waals surface area contributed by atoms with Crippen LogP contribution in [0.25, 0.3) is 17.1 Å². The van der Waals surface area contributed by atoms with Crippen molar-refractivity contribution in [2.75, 3.05) is 14.2 Å². The van der Waals surface area contributed by atoms with Gasteiger partial charge in [-0.1, -0.05) is 0 Å². The predicted molar refractivity (Wildman–Crippen MR) is 109 cm³/mol. The summed E-state index contributed by atoms with van der Waals surface area (Å²) in [7, 11) is 3.24. The molecule has 1 aromatic carbocycles. The van der Waals surface area contributed by atoms with Gasteiger partial charge in [0, 0.05) is 12.7 Å². The lowest BCUT2D eigenvalue weighted by molar-refractivity contribution is 0.174. The van der Waals surface area contributed by atoms with Crippen LogP contribution in [0.15, 0.2) is 42.9 Å². The zero-order valence-electron chi connectivity index (χ0n) is 16.8. The van der Waals surface area contributed by atoms with Crippen molar-refractivity contribution in [3.05, 3.63) is 71.6 Å². The number of aromatic nitrogens is 6. The van der Waals surface area contributed by atoms with E-state index in [4.69, 9.17) is 9.47 Å². The maximum absolute atomic E-state index is 13.1. The van der Waals surface area contributed by atoms with Crippen molar-refractivity contribution < 1.29 is 13.9 Å². The summed E-state index contributed by atoms with van der Waals surface area (Å²) in [5, 5.41) is 8.72. The van der Waals surface area contributed by atoms with Crippen LogP contribution in [0, 0.1) is 17.7 Å². The number of fused-ring (bicyclic) bond motifs is 5. The van der Waals surface area contributed by atoms with Gasteiger partial charge in [-0.2, -0.15) is 0 Å². The average Bonchev–Trinajstić information content (AvgIpc) is 3.34. The zero-order valence-corrected chi connectivity index (χ0v) is 16.8. The number of halogens is 1. The SMILES string of the molecule is COCc1nnc2n1Cc1c(C#Cc3ccc(F)cn3)ncn1-c1ccc(OC)cc1-2. The lowest BCUT2D eigenvalue weighted by atomic mass is 10.1. The first-order valence-corrected chi connectivity index (χ1v) is 9.47. The van der Waals surface area contributed by atoms with Crippen LogP contribution in [-0.4, -0.2) is 43.5 Å². The van der Waals surface area contributed by atoms with Crippen molar-refractivity contribution in [1.29, 1.82) is 0 Å². The van der Waals surface area contributed by atoms with Crippen LogP contribution in [0.1, 0.15) is 22.9 Å². The molecule has 0 saturated heterocycles. The minimum atomic E-state index is -0.403. The van der Waals surface area contributed by atoms with Gasteiger partial charge < -0.3 is 14.0 Å². The molecular weight excluding hydrogens is 399 g/mol. The van der Waals surface area contributed by atoms with Crippen LogP contribution in [0.2, 0.25) is 0 Å². The van der Waals surface area contributed by atoms with Crippen LogP contribution < -0.4 is 4.74 Å². The lowest BCUT2D eigenvalue weighted by Crippen LogP contribution is -2.09. The summed E-state index contributed by atoms with van der Waals surface area (Å²) < 4.78 is 27.8. The third kappa shape index (κ3) is 3.33. The smallest absolute Gasteiger partial charge is 0.166 e. The average molecular weight is 416 g/mol. The number of nitrogens with zero attached hydrogens (tertiary/aromatic N) is 6. The first kappa shape index (κ1) is 19.0. The number of hydrogen-bond acceptors (Lipinski definition) is 6. The summed E-state index contributed by atoms with van der Waals surface area (Å²) in [5.41, 5.74) is 3.69. The van der Waals surface area contributed by atoms with Crippen LogP contribution >= 0.6 is 0 Å². The molecule has 1 aliphatic heterocycles. The highest BCUT2D eigenvalue weighted by molar-refractivity contribution is 5.71. The Kier molecular flexibility index (Phi) is 4.69. The highest BCUT2D eigenvalue weighted by Crippen LogP contribution is 2.34. The molecule has 0 bridgehead atoms. The fourth-order valence-corrected chi connectivity index (χ4v) is 3.53. The highest BCUT2D eigenvalue weighted by atomic mass is 19.1. The van der Waals surface area contributed by atoms with E-state index in [-0.39, 0.29) is 0 Å². The molecule has 0 radical (unpaired) electrons. The molecule has 9 heteroatoms. The van der Waals surface area contributed by atoms with E-state index < -0.39 is 5.82 Å². The lowest BCUT2D eigenvalue weighted by Gasteiger charge is -2.09. The molecule has 0 unspecified atom stereocenters. The molecule has 0 amide bonds. The summed E-state index contributed by atoms with van der Waals surface area (Å²) in [5.74, 6) is 7.74. The number of imidazole rings is 1. The summed E-state index contributed by atoms with van der Waals surface area (Å²) in [6.07, 6.45) is 2.88. The molecule has 0 N–H and O–H groups in total. The van der Waals surface area contributed by atoms with Crippen molar-refractivity contribution in [3.8, 4) is 34.7 Å². The van der Waals surface area contributed by atoms with E-state index in [9.17, 15) is 4.39 Å². The molecular formula is C22H17FN6O2. The molecule has 154 valence electrons. The molecule has 8 nitrogen and oxygen atoms in total. The Hall–Kier alpha value is -4.03. The Labute approximate surface area is 177 Å². The van der Waals surface area contributed by atoms with Crippen molar-refractivity contribution in [2.45, 2.75) is 13.2 Å². The fourth-order valence-electron chi connectivity index (χ4n) is 3.53. The third-order valence-corrected chi connectivity index (χ3v) is 5.02. The zero-order chi connectivity index (χ0) is 21.4. The number of rotatable bonds is 3. The topological polar surface area (TPSA) is 79.9 Å². The molecule has 0 aliphatic carbocycles. The van der Waals surface area contributed by atoms with Crippen LogP contribution in [0.4, 0.5) is 4.39 Å². The first-order chi connectivity index (χ1) is 15.2. The fraction of sp³-hybridized carbons (Fsp3) is 0.182. The molecule has 1 aliphatic rings. The molecule has 0 fully saturated rings. The van der Waals surface area contributed by atoms with Gasteiger partial charge in [-0.25, -0.2) is 14.4 Å². The Morgan fingerprint density at radius 1 is 1.10 bits per heavy atom. The highest BCUT2D eigenvalue weighted by Gasteiger charge is 2.26. The number of ether oxygens (including phenoxy) is 2. The second-order valence-corrected chi connectivity index (χ2v) is 6.86. The van der Waals surface area contributed by atoms with Gasteiger partial charge >= 0.3 is 0 Å². The Morgan fingerprint density at radius 2 is 2.00 bits per heavy atom. The van der Waals surface area contributed by atoms with Gasteiger partial charge in [-0.3, -0.25) is 4.57 Å². The van der Waals surface area contributed by atoms with Gasteiger partial charge in [-0.15, -0.1) is 10.2 Å². The maximum atomic E-state index is 13.1. The molecule has 5 rings (SSSR count). The van der Waals surface area contributed by atoms with Crippen LogP contribution in [0.3, 0.4) is 0 Å². The van der Waals surface area contributed by atoms with E-state index in [1.807, 2.05) is 27.3 Å². The minimum absolute atomic E-state index is 0.320. The van der Waals surface area contributed by atoms with E-state index in [1.165, 1.54) is 12.1 Å². The molecule has 31 heavy (non-hydrogen) atoms. The second-order valence-electron chi connectivity index (χ2n) is 6.86. The van der Waals surface area contributed by atoms with Gasteiger partial charge in [0.05, 0.1) is 31.2 Å². The van der Waals surface area contributed by atoms with Gasteiger partial charge in [-0.05, 0) is 42.2 Å². The third-order valence-electron chi connectivity index (χ3n) is 5.02. The molecule has 0 atom stereocenters. The summed E-state index contributed by atoms with van der Waals surface area (Å²) in [6, 6.07) is 8.63. The van der Waals surface area contributed by atoms with E-state index in [2.05, 4.69) is 32.0 Å². The molecule has 3 aromatic heterocycles. The van der Waals surface area contributed by atoms with Gasteiger partial charge in [0.15, 0.2) is 11.6 Å². The van der Waals surface area contributed by atoms with E-state index >= 15 is 0 Å². The van der Waals surface area contributed by atoms with Gasteiger partial charge in [0.1, 0.15) is 35.9 Å². The van der Waals surface area contributed by atoms with Crippen LogP contribution in [0.5, 0.6) is 5.75 Å². The van der Waals surface area contributed by atoms with Crippen molar-refractivity contribution in [3.63, 3.8) is 0 Å². The van der Waals surface area contributed by atoms with Crippen LogP contribution in [-0.2, 0) is 17.9 Å². The van der Waals surface area contributed by atoms with Gasteiger partial charge in [0.25, 0.3) is 0 Å². The normalized spacial score (nSPS) is 11.6.